The second kappa shape index (κ2) is 6.25. The highest BCUT2D eigenvalue weighted by Gasteiger charge is 2.31. The molecule has 3 rings (SSSR count). The maximum absolute atomic E-state index is 3.83. The minimum atomic E-state index is 0.778. The lowest BCUT2D eigenvalue weighted by Gasteiger charge is -2.29. The zero-order valence-electron chi connectivity index (χ0n) is 12.5. The van der Waals surface area contributed by atoms with Crippen molar-refractivity contribution in [1.29, 1.82) is 0 Å². The summed E-state index contributed by atoms with van der Waals surface area (Å²) < 4.78 is 0. The Bertz CT molecular complexity index is 551. The predicted octanol–water partition coefficient (Wildman–Crippen LogP) is 2.33. The predicted molar refractivity (Wildman–Crippen MR) is 83.3 cm³/mol. The molecule has 1 unspecified atom stereocenters. The van der Waals surface area contributed by atoms with Gasteiger partial charge in [0.1, 0.15) is 0 Å². The Balaban J connectivity index is 0.000000637. The van der Waals surface area contributed by atoms with E-state index >= 15 is 0 Å². The molecule has 1 aromatic heterocycles. The number of nitrogens with one attached hydrogen (secondary N) is 1. The van der Waals surface area contributed by atoms with E-state index in [9.17, 15) is 0 Å². The molecular formula is C17H26N2. The summed E-state index contributed by atoms with van der Waals surface area (Å²) in [5.41, 5.74) is 2.95. The molecule has 1 aromatic rings. The molecule has 2 heteroatoms. The van der Waals surface area contributed by atoms with E-state index in [0.29, 0.717) is 0 Å². The molecule has 0 amide bonds. The molecule has 1 atom stereocenters. The molecule has 0 bridgehead atoms. The van der Waals surface area contributed by atoms with Crippen molar-refractivity contribution in [3.05, 3.63) is 34.5 Å². The van der Waals surface area contributed by atoms with Gasteiger partial charge < -0.3 is 4.98 Å². The lowest BCUT2D eigenvalue weighted by Crippen LogP contribution is -2.37. The van der Waals surface area contributed by atoms with E-state index in [1.54, 1.807) is 0 Å². The van der Waals surface area contributed by atoms with E-state index in [1.165, 1.54) is 47.6 Å². The summed E-state index contributed by atoms with van der Waals surface area (Å²) in [5, 5.41) is 2.63. The molecule has 1 N–H and O–H groups in total. The molecule has 2 aliphatic heterocycles. The van der Waals surface area contributed by atoms with E-state index in [0.717, 1.165) is 12.6 Å². The van der Waals surface area contributed by atoms with Gasteiger partial charge in [0.05, 0.1) is 0 Å². The fourth-order valence-corrected chi connectivity index (χ4v) is 3.31. The van der Waals surface area contributed by atoms with Gasteiger partial charge in [-0.1, -0.05) is 38.7 Å². The van der Waals surface area contributed by atoms with Crippen LogP contribution in [-0.4, -0.2) is 22.5 Å². The molecular weight excluding hydrogens is 232 g/mol. The van der Waals surface area contributed by atoms with Crippen molar-refractivity contribution in [3.8, 4) is 0 Å². The van der Waals surface area contributed by atoms with Crippen molar-refractivity contribution < 1.29 is 0 Å². The van der Waals surface area contributed by atoms with E-state index in [4.69, 9.17) is 0 Å². The number of H-pyrrole nitrogens is 1. The number of aromatic nitrogens is 1. The van der Waals surface area contributed by atoms with Gasteiger partial charge in [0, 0.05) is 28.8 Å². The van der Waals surface area contributed by atoms with Crippen molar-refractivity contribution in [1.82, 2.24) is 9.88 Å². The van der Waals surface area contributed by atoms with E-state index in [-0.39, 0.29) is 0 Å². The lowest BCUT2D eigenvalue weighted by molar-refractivity contribution is 0.225. The second-order valence-electron chi connectivity index (χ2n) is 5.07. The zero-order chi connectivity index (χ0) is 13.8. The van der Waals surface area contributed by atoms with Crippen molar-refractivity contribution in [2.75, 3.05) is 6.54 Å². The molecule has 2 nitrogen and oxygen atoms in total. The SMILES string of the molecule is C=C/C=c1/c2c([nH]/c1=C/C)CN1CCCC1C2.CC. The Hall–Kier alpha value is -1.28. The summed E-state index contributed by atoms with van der Waals surface area (Å²) in [4.78, 5) is 6.19. The molecule has 104 valence electrons. The van der Waals surface area contributed by atoms with Crippen LogP contribution in [0.25, 0.3) is 12.2 Å². The van der Waals surface area contributed by atoms with Gasteiger partial charge in [0.2, 0.25) is 0 Å². The van der Waals surface area contributed by atoms with Crippen molar-refractivity contribution in [2.45, 2.75) is 52.6 Å². The number of nitrogens with zero attached hydrogens (tertiary/aromatic N) is 1. The van der Waals surface area contributed by atoms with Gasteiger partial charge >= 0.3 is 0 Å². The van der Waals surface area contributed by atoms with Crippen LogP contribution in [0.15, 0.2) is 12.7 Å². The molecule has 2 aliphatic rings. The summed E-state index contributed by atoms with van der Waals surface area (Å²) in [6.07, 6.45) is 10.1. The molecule has 0 radical (unpaired) electrons. The van der Waals surface area contributed by atoms with Gasteiger partial charge in [-0.3, -0.25) is 4.90 Å². The molecule has 3 heterocycles. The van der Waals surface area contributed by atoms with E-state index < -0.39 is 0 Å². The van der Waals surface area contributed by atoms with E-state index in [1.807, 2.05) is 19.9 Å². The third-order valence-corrected chi connectivity index (χ3v) is 4.14. The maximum atomic E-state index is 3.83. The number of allylic oxidation sites excluding steroid dienone is 1. The average Bonchev–Trinajstić information content (AvgIpc) is 3.03. The van der Waals surface area contributed by atoms with Crippen LogP contribution in [0.3, 0.4) is 0 Å². The number of hydrogen-bond acceptors (Lipinski definition) is 1. The highest BCUT2D eigenvalue weighted by Crippen LogP contribution is 2.27. The molecule has 1 fully saturated rings. The highest BCUT2D eigenvalue weighted by molar-refractivity contribution is 5.43. The standard InChI is InChI=1S/C15H20N2.C2H6/c1-3-6-12-13-9-11-7-5-8-17(11)10-15(13)16-14(12)4-2;1-2/h3-4,6,11,16H,1,5,7-10H2,2H3;1-2H3/b12-6-,14-4+;. The van der Waals surface area contributed by atoms with Gasteiger partial charge in [-0.15, -0.1) is 0 Å². The number of rotatable bonds is 1. The van der Waals surface area contributed by atoms with Crippen molar-refractivity contribution >= 4 is 12.2 Å². The van der Waals surface area contributed by atoms with Gasteiger partial charge in [0.25, 0.3) is 0 Å². The van der Waals surface area contributed by atoms with Crippen LogP contribution in [0.4, 0.5) is 0 Å². The van der Waals surface area contributed by atoms with Crippen LogP contribution in [0.1, 0.15) is 44.9 Å². The maximum Gasteiger partial charge on any atom is 0.0415 e. The molecule has 0 saturated carbocycles. The minimum Gasteiger partial charge on any atom is -0.357 e. The first-order valence-electron chi connectivity index (χ1n) is 7.56. The summed E-state index contributed by atoms with van der Waals surface area (Å²) in [6, 6.07) is 0.778. The Morgan fingerprint density at radius 3 is 2.84 bits per heavy atom. The van der Waals surface area contributed by atoms with Crippen molar-refractivity contribution in [2.24, 2.45) is 0 Å². The van der Waals surface area contributed by atoms with Gasteiger partial charge in [-0.05, 0) is 38.3 Å². The third kappa shape index (κ3) is 2.55. The van der Waals surface area contributed by atoms with Crippen LogP contribution >= 0.6 is 0 Å². The average molecular weight is 258 g/mol. The smallest absolute Gasteiger partial charge is 0.0415 e. The molecule has 0 spiro atoms. The summed E-state index contributed by atoms with van der Waals surface area (Å²) >= 11 is 0. The van der Waals surface area contributed by atoms with Gasteiger partial charge in [-0.2, -0.15) is 0 Å². The fraction of sp³-hybridized carbons (Fsp3) is 0.529. The van der Waals surface area contributed by atoms with Crippen LogP contribution in [0, 0.1) is 0 Å². The number of aromatic amines is 1. The van der Waals surface area contributed by atoms with Crippen LogP contribution in [-0.2, 0) is 13.0 Å². The number of fused-ring (bicyclic) bond motifs is 2. The topological polar surface area (TPSA) is 19.0 Å². The molecule has 19 heavy (non-hydrogen) atoms. The van der Waals surface area contributed by atoms with Gasteiger partial charge in [0.15, 0.2) is 0 Å². The Morgan fingerprint density at radius 2 is 2.16 bits per heavy atom. The lowest BCUT2D eigenvalue weighted by atomic mass is 9.98. The van der Waals surface area contributed by atoms with Crippen LogP contribution in [0.5, 0.6) is 0 Å². The second-order valence-corrected chi connectivity index (χ2v) is 5.07. The first-order chi connectivity index (χ1) is 9.33. The quantitative estimate of drug-likeness (QED) is 0.819. The minimum absolute atomic E-state index is 0.778. The Labute approximate surface area is 116 Å². The highest BCUT2D eigenvalue weighted by atomic mass is 15.2. The summed E-state index contributed by atoms with van der Waals surface area (Å²) in [7, 11) is 0. The Kier molecular flexibility index (Phi) is 4.65. The van der Waals surface area contributed by atoms with Crippen LogP contribution < -0.4 is 10.6 Å². The fourth-order valence-electron chi connectivity index (χ4n) is 3.31. The van der Waals surface area contributed by atoms with Crippen molar-refractivity contribution in [3.63, 3.8) is 0 Å². The normalized spacial score (nSPS) is 23.6. The first-order valence-corrected chi connectivity index (χ1v) is 7.56. The Morgan fingerprint density at radius 1 is 1.37 bits per heavy atom. The van der Waals surface area contributed by atoms with E-state index in [2.05, 4.69) is 35.5 Å². The largest absolute Gasteiger partial charge is 0.357 e. The number of hydrogen-bond donors (Lipinski definition) is 1. The molecule has 0 aromatic carbocycles. The zero-order valence-corrected chi connectivity index (χ0v) is 12.5. The molecule has 1 saturated heterocycles. The monoisotopic (exact) mass is 258 g/mol. The third-order valence-electron chi connectivity index (χ3n) is 4.14. The molecule has 0 aliphatic carbocycles. The first kappa shape index (κ1) is 14.1. The van der Waals surface area contributed by atoms with Crippen LogP contribution in [0.2, 0.25) is 0 Å². The summed E-state index contributed by atoms with van der Waals surface area (Å²) in [5.74, 6) is 0. The van der Waals surface area contributed by atoms with Gasteiger partial charge in [-0.25, -0.2) is 0 Å². The summed E-state index contributed by atoms with van der Waals surface area (Å²) in [6.45, 7) is 12.3.